The first-order valence-electron chi connectivity index (χ1n) is 8.72. The zero-order valence-corrected chi connectivity index (χ0v) is 18.7. The van der Waals surface area contributed by atoms with E-state index in [0.717, 1.165) is 15.8 Å². The highest BCUT2D eigenvalue weighted by atomic mass is 79.9. The molecule has 1 amide bonds. The number of benzene rings is 1. The van der Waals surface area contributed by atoms with E-state index in [9.17, 15) is 14.4 Å². The van der Waals surface area contributed by atoms with E-state index in [2.05, 4.69) is 21.2 Å². The molecule has 150 valence electrons. The fourth-order valence-electron chi connectivity index (χ4n) is 2.36. The van der Waals surface area contributed by atoms with Gasteiger partial charge in [0.15, 0.2) is 0 Å². The van der Waals surface area contributed by atoms with Crippen molar-refractivity contribution in [3.05, 3.63) is 50.3 Å². The summed E-state index contributed by atoms with van der Waals surface area (Å²) in [5.74, 6) is -1.53. The monoisotopic (exact) mass is 467 g/mol. The first kappa shape index (κ1) is 22.1. The maximum atomic E-state index is 12.6. The molecule has 0 aliphatic carbocycles. The van der Waals surface area contributed by atoms with Crippen LogP contribution in [0.3, 0.4) is 0 Å². The van der Waals surface area contributed by atoms with Gasteiger partial charge in [0, 0.05) is 10.0 Å². The molecule has 1 aromatic heterocycles. The average Bonchev–Trinajstić information content (AvgIpc) is 2.90. The van der Waals surface area contributed by atoms with Crippen LogP contribution >= 0.6 is 27.3 Å². The molecule has 2 rings (SSSR count). The fourth-order valence-corrected chi connectivity index (χ4v) is 3.70. The van der Waals surface area contributed by atoms with Gasteiger partial charge in [-0.15, -0.1) is 11.3 Å². The number of carbonyl (C=O) groups is 3. The largest absolute Gasteiger partial charge is 0.459 e. The quantitative estimate of drug-likeness (QED) is 0.590. The van der Waals surface area contributed by atoms with Crippen LogP contribution in [0.15, 0.2) is 28.7 Å². The smallest absolute Gasteiger partial charge is 0.348 e. The Labute approximate surface area is 176 Å². The Kier molecular flexibility index (Phi) is 7.37. The minimum Gasteiger partial charge on any atom is -0.459 e. The van der Waals surface area contributed by atoms with Crippen molar-refractivity contribution in [2.45, 2.75) is 46.8 Å². The van der Waals surface area contributed by atoms with Crippen LogP contribution in [0.5, 0.6) is 0 Å². The van der Waals surface area contributed by atoms with E-state index >= 15 is 0 Å². The Bertz CT molecular complexity index is 887. The summed E-state index contributed by atoms with van der Waals surface area (Å²) in [5.41, 5.74) is 1.01. The first-order valence-corrected chi connectivity index (χ1v) is 10.3. The van der Waals surface area contributed by atoms with Gasteiger partial charge in [-0.05, 0) is 64.4 Å². The molecule has 0 spiro atoms. The molecule has 0 atom stereocenters. The van der Waals surface area contributed by atoms with Gasteiger partial charge in [-0.1, -0.05) is 15.9 Å². The van der Waals surface area contributed by atoms with Crippen molar-refractivity contribution in [3.63, 3.8) is 0 Å². The Hall–Kier alpha value is -2.19. The number of amides is 1. The molecule has 0 unspecified atom stereocenters. The van der Waals surface area contributed by atoms with Crippen LogP contribution in [0, 0.1) is 6.92 Å². The van der Waals surface area contributed by atoms with Gasteiger partial charge in [0.2, 0.25) is 0 Å². The van der Waals surface area contributed by atoms with Gasteiger partial charge in [-0.25, -0.2) is 9.59 Å². The minimum atomic E-state index is -0.599. The lowest BCUT2D eigenvalue weighted by molar-refractivity contribution is 0.0378. The lowest BCUT2D eigenvalue weighted by Gasteiger charge is -2.10. The van der Waals surface area contributed by atoms with Gasteiger partial charge in [-0.3, -0.25) is 4.79 Å². The fraction of sp³-hybridized carbons (Fsp3) is 0.350. The second kappa shape index (κ2) is 9.34. The van der Waals surface area contributed by atoms with Crippen molar-refractivity contribution in [1.82, 2.24) is 0 Å². The van der Waals surface area contributed by atoms with Crippen molar-refractivity contribution in [1.29, 1.82) is 0 Å². The van der Waals surface area contributed by atoms with Gasteiger partial charge >= 0.3 is 11.9 Å². The van der Waals surface area contributed by atoms with Gasteiger partial charge in [-0.2, -0.15) is 0 Å². The van der Waals surface area contributed by atoms with Crippen LogP contribution in [0.25, 0.3) is 0 Å². The molecule has 1 aromatic carbocycles. The van der Waals surface area contributed by atoms with Gasteiger partial charge in [0.1, 0.15) is 9.88 Å². The average molecular weight is 468 g/mol. The highest BCUT2D eigenvalue weighted by Gasteiger charge is 2.28. The highest BCUT2D eigenvalue weighted by molar-refractivity contribution is 9.10. The Morgan fingerprint density at radius 3 is 2.04 bits per heavy atom. The standard InChI is InChI=1S/C20H22BrNO5S/c1-10(2)26-19(24)15-12(5)16(20(25)27-11(3)4)28-18(15)22-17(23)13-6-8-14(21)9-7-13/h6-11H,1-5H3,(H,22,23). The molecule has 0 saturated carbocycles. The topological polar surface area (TPSA) is 81.7 Å². The molecule has 0 aliphatic rings. The molecule has 1 N–H and O–H groups in total. The van der Waals surface area contributed by atoms with Crippen LogP contribution in [-0.4, -0.2) is 30.1 Å². The van der Waals surface area contributed by atoms with E-state index in [1.165, 1.54) is 0 Å². The normalized spacial score (nSPS) is 10.9. The van der Waals surface area contributed by atoms with Crippen molar-refractivity contribution in [2.24, 2.45) is 0 Å². The first-order chi connectivity index (χ1) is 13.1. The molecule has 0 aliphatic heterocycles. The second-order valence-corrected chi connectivity index (χ2v) is 8.57. The third-order valence-electron chi connectivity index (χ3n) is 3.56. The summed E-state index contributed by atoms with van der Waals surface area (Å²) in [5, 5.41) is 2.98. The number of esters is 2. The van der Waals surface area contributed by atoms with Crippen LogP contribution in [0.2, 0.25) is 0 Å². The van der Waals surface area contributed by atoms with E-state index < -0.39 is 17.8 Å². The van der Waals surface area contributed by atoms with E-state index in [0.29, 0.717) is 11.1 Å². The van der Waals surface area contributed by atoms with Gasteiger partial charge in [0.25, 0.3) is 5.91 Å². The SMILES string of the molecule is Cc1c(C(=O)OC(C)C)sc(NC(=O)c2ccc(Br)cc2)c1C(=O)OC(C)C. The number of ether oxygens (including phenoxy) is 2. The Balaban J connectivity index is 2.42. The van der Waals surface area contributed by atoms with Crippen LogP contribution in [0.4, 0.5) is 5.00 Å². The van der Waals surface area contributed by atoms with E-state index in [4.69, 9.17) is 9.47 Å². The summed E-state index contributed by atoms with van der Waals surface area (Å²) in [4.78, 5) is 37.9. The van der Waals surface area contributed by atoms with Crippen molar-refractivity contribution in [3.8, 4) is 0 Å². The number of anilines is 1. The lowest BCUT2D eigenvalue weighted by atomic mass is 10.1. The maximum Gasteiger partial charge on any atom is 0.348 e. The summed E-state index contributed by atoms with van der Waals surface area (Å²) < 4.78 is 11.4. The van der Waals surface area contributed by atoms with E-state index in [-0.39, 0.29) is 27.6 Å². The molecule has 6 nitrogen and oxygen atoms in total. The van der Waals surface area contributed by atoms with Crippen molar-refractivity contribution >= 4 is 50.1 Å². The molecule has 28 heavy (non-hydrogen) atoms. The third kappa shape index (κ3) is 5.42. The molecule has 0 fully saturated rings. The molecule has 0 bridgehead atoms. The maximum absolute atomic E-state index is 12.6. The number of nitrogens with one attached hydrogen (secondary N) is 1. The predicted octanol–water partition coefficient (Wildman–Crippen LogP) is 5.20. The number of thiophene rings is 1. The number of hydrogen-bond donors (Lipinski definition) is 1. The highest BCUT2D eigenvalue weighted by Crippen LogP contribution is 2.35. The molecular weight excluding hydrogens is 446 g/mol. The van der Waals surface area contributed by atoms with E-state index in [1.54, 1.807) is 58.9 Å². The number of halogens is 1. The Morgan fingerprint density at radius 1 is 0.964 bits per heavy atom. The zero-order chi connectivity index (χ0) is 21.0. The van der Waals surface area contributed by atoms with Gasteiger partial charge in [0.05, 0.1) is 17.8 Å². The third-order valence-corrected chi connectivity index (χ3v) is 5.27. The van der Waals surface area contributed by atoms with Crippen molar-refractivity contribution < 1.29 is 23.9 Å². The minimum absolute atomic E-state index is 0.167. The molecule has 0 saturated heterocycles. The summed E-state index contributed by atoms with van der Waals surface area (Å²) in [6.07, 6.45) is -0.645. The molecule has 1 heterocycles. The van der Waals surface area contributed by atoms with Crippen LogP contribution in [0.1, 0.15) is 63.6 Å². The summed E-state index contributed by atoms with van der Waals surface area (Å²) in [7, 11) is 0. The zero-order valence-electron chi connectivity index (χ0n) is 16.3. The Morgan fingerprint density at radius 2 is 1.50 bits per heavy atom. The molecule has 0 radical (unpaired) electrons. The van der Waals surface area contributed by atoms with Gasteiger partial charge < -0.3 is 14.8 Å². The van der Waals surface area contributed by atoms with Crippen molar-refractivity contribution in [2.75, 3.05) is 5.32 Å². The van der Waals surface area contributed by atoms with Crippen LogP contribution < -0.4 is 5.32 Å². The second-order valence-electron chi connectivity index (χ2n) is 6.63. The summed E-state index contributed by atoms with van der Waals surface area (Å²) >= 11 is 4.32. The number of rotatable bonds is 6. The molecule has 2 aromatic rings. The summed E-state index contributed by atoms with van der Waals surface area (Å²) in [6, 6.07) is 6.79. The number of carbonyl (C=O) groups excluding carboxylic acids is 3. The predicted molar refractivity (Wildman–Crippen MR) is 112 cm³/mol. The molecule has 8 heteroatoms. The summed E-state index contributed by atoms with van der Waals surface area (Å²) in [6.45, 7) is 8.58. The van der Waals surface area contributed by atoms with Crippen LogP contribution in [-0.2, 0) is 9.47 Å². The lowest BCUT2D eigenvalue weighted by Crippen LogP contribution is -2.17. The number of hydrogen-bond acceptors (Lipinski definition) is 6. The van der Waals surface area contributed by atoms with E-state index in [1.807, 2.05) is 0 Å². The molecular formula is C20H22BrNO5S.